The standard InChI is InChI=1S/C14H18BrClN2O.ClH/c15-11-3-4-13(16)12(8-11)14(19)18-7-5-10-2-1-6-17-9-10;/h3-4,8,10,17H,1-2,5-7,9H2,(H,18,19);1H. The molecule has 1 saturated heterocycles. The molecular weight excluding hydrogens is 363 g/mol. The highest BCUT2D eigenvalue weighted by molar-refractivity contribution is 9.10. The number of nitrogens with one attached hydrogen (secondary N) is 2. The second-order valence-electron chi connectivity index (χ2n) is 4.88. The second kappa shape index (κ2) is 8.88. The van der Waals surface area contributed by atoms with Gasteiger partial charge in [0.05, 0.1) is 10.6 Å². The number of benzene rings is 1. The summed E-state index contributed by atoms with van der Waals surface area (Å²) in [5.41, 5.74) is 0.526. The number of rotatable bonds is 4. The van der Waals surface area contributed by atoms with E-state index in [1.165, 1.54) is 12.8 Å². The van der Waals surface area contributed by atoms with Crippen molar-refractivity contribution in [3.8, 4) is 0 Å². The molecule has 0 bridgehead atoms. The van der Waals surface area contributed by atoms with E-state index in [1.54, 1.807) is 12.1 Å². The smallest absolute Gasteiger partial charge is 0.252 e. The van der Waals surface area contributed by atoms with E-state index in [1.807, 2.05) is 6.07 Å². The third-order valence-corrected chi connectivity index (χ3v) is 4.23. The van der Waals surface area contributed by atoms with Gasteiger partial charge in [0.25, 0.3) is 5.91 Å². The molecule has 112 valence electrons. The van der Waals surface area contributed by atoms with E-state index in [0.29, 0.717) is 23.0 Å². The van der Waals surface area contributed by atoms with Crippen LogP contribution in [0.4, 0.5) is 0 Å². The fourth-order valence-electron chi connectivity index (χ4n) is 2.33. The molecule has 0 aliphatic carbocycles. The fourth-order valence-corrected chi connectivity index (χ4v) is 2.89. The van der Waals surface area contributed by atoms with Gasteiger partial charge in [0, 0.05) is 11.0 Å². The van der Waals surface area contributed by atoms with E-state index in [2.05, 4.69) is 26.6 Å². The molecule has 1 aromatic carbocycles. The summed E-state index contributed by atoms with van der Waals surface area (Å²) in [5, 5.41) is 6.81. The zero-order valence-electron chi connectivity index (χ0n) is 11.1. The van der Waals surface area contributed by atoms with Gasteiger partial charge < -0.3 is 10.6 Å². The quantitative estimate of drug-likeness (QED) is 0.835. The Balaban J connectivity index is 0.00000200. The van der Waals surface area contributed by atoms with Gasteiger partial charge in [0.1, 0.15) is 0 Å². The molecule has 1 amide bonds. The minimum absolute atomic E-state index is 0. The molecule has 2 N–H and O–H groups in total. The molecule has 6 heteroatoms. The maximum Gasteiger partial charge on any atom is 0.252 e. The van der Waals surface area contributed by atoms with Crippen molar-refractivity contribution in [2.45, 2.75) is 19.3 Å². The number of amides is 1. The number of carbonyl (C=O) groups excluding carboxylic acids is 1. The Morgan fingerprint density at radius 3 is 3.00 bits per heavy atom. The van der Waals surface area contributed by atoms with Gasteiger partial charge in [-0.3, -0.25) is 4.79 Å². The Hall–Kier alpha value is -0.290. The lowest BCUT2D eigenvalue weighted by Gasteiger charge is -2.22. The summed E-state index contributed by atoms with van der Waals surface area (Å²) in [7, 11) is 0. The number of piperidine rings is 1. The lowest BCUT2D eigenvalue weighted by atomic mass is 9.96. The molecule has 1 fully saturated rings. The molecule has 2 rings (SSSR count). The van der Waals surface area contributed by atoms with E-state index >= 15 is 0 Å². The van der Waals surface area contributed by atoms with Crippen molar-refractivity contribution >= 4 is 45.8 Å². The lowest BCUT2D eigenvalue weighted by molar-refractivity contribution is 0.0950. The first kappa shape index (κ1) is 17.8. The zero-order valence-corrected chi connectivity index (χ0v) is 14.3. The van der Waals surface area contributed by atoms with E-state index in [4.69, 9.17) is 11.6 Å². The Morgan fingerprint density at radius 1 is 1.50 bits per heavy atom. The summed E-state index contributed by atoms with van der Waals surface area (Å²) in [6.07, 6.45) is 3.50. The SMILES string of the molecule is Cl.O=C(NCCC1CCCNC1)c1cc(Br)ccc1Cl. The topological polar surface area (TPSA) is 41.1 Å². The maximum absolute atomic E-state index is 12.0. The third-order valence-electron chi connectivity index (χ3n) is 3.41. The molecular formula is C14H19BrCl2N2O. The summed E-state index contributed by atoms with van der Waals surface area (Å²) >= 11 is 9.38. The summed E-state index contributed by atoms with van der Waals surface area (Å²) in [4.78, 5) is 12.0. The Morgan fingerprint density at radius 2 is 2.30 bits per heavy atom. The molecule has 1 heterocycles. The van der Waals surface area contributed by atoms with Crippen molar-refractivity contribution in [2.24, 2.45) is 5.92 Å². The molecule has 0 saturated carbocycles. The third kappa shape index (κ3) is 5.24. The number of hydrogen-bond acceptors (Lipinski definition) is 2. The van der Waals surface area contributed by atoms with Crippen LogP contribution in [-0.4, -0.2) is 25.5 Å². The van der Waals surface area contributed by atoms with Crippen LogP contribution >= 0.6 is 39.9 Å². The van der Waals surface area contributed by atoms with Crippen LogP contribution in [0, 0.1) is 5.92 Å². The summed E-state index contributed by atoms with van der Waals surface area (Å²) in [6, 6.07) is 5.30. The average Bonchev–Trinajstić information content (AvgIpc) is 2.42. The van der Waals surface area contributed by atoms with E-state index in [0.717, 1.165) is 24.0 Å². The van der Waals surface area contributed by atoms with Crippen LogP contribution in [0.5, 0.6) is 0 Å². The first-order valence-corrected chi connectivity index (χ1v) is 7.78. The van der Waals surface area contributed by atoms with Crippen molar-refractivity contribution in [3.63, 3.8) is 0 Å². The summed E-state index contributed by atoms with van der Waals surface area (Å²) in [5.74, 6) is 0.571. The fraction of sp³-hybridized carbons (Fsp3) is 0.500. The summed E-state index contributed by atoms with van der Waals surface area (Å²) in [6.45, 7) is 2.89. The second-order valence-corrected chi connectivity index (χ2v) is 6.20. The van der Waals surface area contributed by atoms with Crippen molar-refractivity contribution in [3.05, 3.63) is 33.3 Å². The summed E-state index contributed by atoms with van der Waals surface area (Å²) < 4.78 is 0.860. The normalized spacial score (nSPS) is 18.2. The van der Waals surface area contributed by atoms with Crippen LogP contribution in [0.2, 0.25) is 5.02 Å². The Kier molecular flexibility index (Phi) is 7.88. The van der Waals surface area contributed by atoms with E-state index in [-0.39, 0.29) is 18.3 Å². The van der Waals surface area contributed by atoms with Crippen molar-refractivity contribution in [1.82, 2.24) is 10.6 Å². The molecule has 1 unspecified atom stereocenters. The Labute approximate surface area is 139 Å². The first-order valence-electron chi connectivity index (χ1n) is 6.61. The molecule has 0 spiro atoms. The molecule has 1 atom stereocenters. The van der Waals surface area contributed by atoms with Crippen LogP contribution in [-0.2, 0) is 0 Å². The van der Waals surface area contributed by atoms with Gasteiger partial charge in [0.15, 0.2) is 0 Å². The lowest BCUT2D eigenvalue weighted by Crippen LogP contribution is -2.33. The van der Waals surface area contributed by atoms with Crippen molar-refractivity contribution < 1.29 is 4.79 Å². The largest absolute Gasteiger partial charge is 0.352 e. The molecule has 1 aliphatic rings. The highest BCUT2D eigenvalue weighted by Crippen LogP contribution is 2.21. The predicted molar refractivity (Wildman–Crippen MR) is 88.9 cm³/mol. The van der Waals surface area contributed by atoms with Crippen molar-refractivity contribution in [2.75, 3.05) is 19.6 Å². The van der Waals surface area contributed by atoms with Gasteiger partial charge in [-0.1, -0.05) is 27.5 Å². The maximum atomic E-state index is 12.0. The van der Waals surface area contributed by atoms with E-state index < -0.39 is 0 Å². The molecule has 1 aliphatic heterocycles. The highest BCUT2D eigenvalue weighted by Gasteiger charge is 2.14. The number of halogens is 3. The highest BCUT2D eigenvalue weighted by atomic mass is 79.9. The molecule has 1 aromatic rings. The minimum atomic E-state index is -0.102. The first-order chi connectivity index (χ1) is 9.16. The molecule has 0 aromatic heterocycles. The number of hydrogen-bond donors (Lipinski definition) is 2. The monoisotopic (exact) mass is 380 g/mol. The van der Waals surface area contributed by atoms with Crippen molar-refractivity contribution in [1.29, 1.82) is 0 Å². The minimum Gasteiger partial charge on any atom is -0.352 e. The van der Waals surface area contributed by atoms with Crippen LogP contribution in [0.1, 0.15) is 29.6 Å². The van der Waals surface area contributed by atoms with Crippen LogP contribution in [0.25, 0.3) is 0 Å². The van der Waals surface area contributed by atoms with Gasteiger partial charge in [-0.15, -0.1) is 12.4 Å². The van der Waals surface area contributed by atoms with Crippen LogP contribution in [0.3, 0.4) is 0 Å². The number of carbonyl (C=O) groups is 1. The van der Waals surface area contributed by atoms with Gasteiger partial charge in [-0.25, -0.2) is 0 Å². The Bertz CT molecular complexity index is 451. The van der Waals surface area contributed by atoms with Crippen LogP contribution in [0.15, 0.2) is 22.7 Å². The molecule has 0 radical (unpaired) electrons. The molecule has 3 nitrogen and oxygen atoms in total. The van der Waals surface area contributed by atoms with Crippen LogP contribution < -0.4 is 10.6 Å². The van der Waals surface area contributed by atoms with Gasteiger partial charge in [0.2, 0.25) is 0 Å². The average molecular weight is 382 g/mol. The zero-order chi connectivity index (χ0) is 13.7. The van der Waals surface area contributed by atoms with Gasteiger partial charge in [-0.05, 0) is 56.5 Å². The molecule has 20 heavy (non-hydrogen) atoms. The van der Waals surface area contributed by atoms with E-state index in [9.17, 15) is 4.79 Å². The predicted octanol–water partition coefficient (Wildman–Crippen LogP) is 3.64. The van der Waals surface area contributed by atoms with Gasteiger partial charge in [-0.2, -0.15) is 0 Å². The van der Waals surface area contributed by atoms with Gasteiger partial charge >= 0.3 is 0 Å².